The van der Waals surface area contributed by atoms with Crippen LogP contribution in [0.2, 0.25) is 0 Å². The number of nitrogens with one attached hydrogen (secondary N) is 1. The van der Waals surface area contributed by atoms with Crippen LogP contribution in [0.5, 0.6) is 5.75 Å². The molecular formula is C25H30FN3O7S. The van der Waals surface area contributed by atoms with Crippen LogP contribution in [0, 0.1) is 12.7 Å². The van der Waals surface area contributed by atoms with E-state index in [1.807, 2.05) is 0 Å². The SMILES string of the molecule is CCOC(=O)c1sc2c(c1C)c(=O)n(C(C)C(=O)NC(C)C)c(=O)n2CC(O)c1cc(F)ccc1OC. The van der Waals surface area contributed by atoms with Crippen molar-refractivity contribution >= 4 is 33.4 Å². The zero-order chi connectivity index (χ0) is 27.6. The predicted octanol–water partition coefficient (Wildman–Crippen LogP) is 2.68. The number of benzene rings is 1. The van der Waals surface area contributed by atoms with E-state index < -0.39 is 47.6 Å². The summed E-state index contributed by atoms with van der Waals surface area (Å²) in [4.78, 5) is 52.8. The molecule has 2 atom stereocenters. The van der Waals surface area contributed by atoms with Gasteiger partial charge in [-0.1, -0.05) is 0 Å². The van der Waals surface area contributed by atoms with Crippen LogP contribution in [0.3, 0.4) is 0 Å². The van der Waals surface area contributed by atoms with Gasteiger partial charge >= 0.3 is 11.7 Å². The lowest BCUT2D eigenvalue weighted by molar-refractivity contribution is -0.124. The summed E-state index contributed by atoms with van der Waals surface area (Å²) in [5.74, 6) is -1.63. The van der Waals surface area contributed by atoms with Crippen molar-refractivity contribution in [3.63, 3.8) is 0 Å². The number of carbonyl (C=O) groups excluding carboxylic acids is 2. The monoisotopic (exact) mass is 535 g/mol. The molecule has 0 aliphatic rings. The van der Waals surface area contributed by atoms with Crippen molar-refractivity contribution in [2.75, 3.05) is 13.7 Å². The van der Waals surface area contributed by atoms with E-state index in [1.54, 1.807) is 27.7 Å². The largest absolute Gasteiger partial charge is 0.496 e. The lowest BCUT2D eigenvalue weighted by atomic mass is 10.1. The van der Waals surface area contributed by atoms with Gasteiger partial charge in [-0.15, -0.1) is 11.3 Å². The van der Waals surface area contributed by atoms with E-state index >= 15 is 0 Å². The molecule has 2 unspecified atom stereocenters. The number of halogens is 1. The lowest BCUT2D eigenvalue weighted by Gasteiger charge is -2.20. The fraction of sp³-hybridized carbons (Fsp3) is 0.440. The molecule has 0 saturated heterocycles. The van der Waals surface area contributed by atoms with E-state index in [0.717, 1.165) is 26.5 Å². The van der Waals surface area contributed by atoms with Gasteiger partial charge in [0.05, 0.1) is 25.6 Å². The average Bonchev–Trinajstić information content (AvgIpc) is 3.18. The number of methoxy groups -OCH3 is 1. The molecule has 2 aromatic heterocycles. The Balaban J connectivity index is 2.30. The highest BCUT2D eigenvalue weighted by Gasteiger charge is 2.29. The minimum absolute atomic E-state index is 0.0512. The number of aliphatic hydroxyl groups is 1. The van der Waals surface area contributed by atoms with Gasteiger partial charge in [0.15, 0.2) is 0 Å². The number of carbonyl (C=O) groups is 2. The third kappa shape index (κ3) is 5.44. The van der Waals surface area contributed by atoms with E-state index in [9.17, 15) is 28.7 Å². The highest BCUT2D eigenvalue weighted by molar-refractivity contribution is 7.20. The fourth-order valence-electron chi connectivity index (χ4n) is 4.02. The maximum absolute atomic E-state index is 14.0. The Morgan fingerprint density at radius 3 is 2.49 bits per heavy atom. The highest BCUT2D eigenvalue weighted by Crippen LogP contribution is 2.31. The van der Waals surface area contributed by atoms with Crippen molar-refractivity contribution in [1.82, 2.24) is 14.5 Å². The molecule has 2 N–H and O–H groups in total. The molecular weight excluding hydrogens is 505 g/mol. The van der Waals surface area contributed by atoms with Crippen LogP contribution in [-0.4, -0.2) is 45.9 Å². The van der Waals surface area contributed by atoms with Gasteiger partial charge in [-0.25, -0.2) is 18.5 Å². The first-order valence-corrected chi connectivity index (χ1v) is 12.5. The number of rotatable bonds is 9. The Labute approximate surface area is 216 Å². The molecule has 12 heteroatoms. The standard InChI is InChI=1S/C25H30FN3O7S/c1-7-36-24(33)20-13(4)19-22(32)29(14(5)21(31)27-12(2)3)25(34)28(23(19)37-20)11-17(30)16-10-15(26)8-9-18(16)35-6/h8-10,12,14,17,30H,7,11H2,1-6H3,(H,27,31). The van der Waals surface area contributed by atoms with Crippen LogP contribution < -0.4 is 21.3 Å². The zero-order valence-corrected chi connectivity index (χ0v) is 22.3. The second-order valence-corrected chi connectivity index (χ2v) is 9.77. The van der Waals surface area contributed by atoms with Gasteiger partial charge in [0.1, 0.15) is 33.4 Å². The van der Waals surface area contributed by atoms with E-state index in [4.69, 9.17) is 9.47 Å². The lowest BCUT2D eigenvalue weighted by Crippen LogP contribution is -2.47. The van der Waals surface area contributed by atoms with Crippen molar-refractivity contribution in [2.24, 2.45) is 0 Å². The first-order valence-electron chi connectivity index (χ1n) is 11.7. The number of esters is 1. The molecule has 10 nitrogen and oxygen atoms in total. The second kappa shape index (κ2) is 11.3. The Bertz CT molecular complexity index is 1460. The van der Waals surface area contributed by atoms with Crippen molar-refractivity contribution in [3.05, 3.63) is 60.9 Å². The number of thiophene rings is 1. The van der Waals surface area contributed by atoms with Gasteiger partial charge in [-0.3, -0.25) is 14.2 Å². The number of aryl methyl sites for hydroxylation is 1. The quantitative estimate of drug-likeness (QED) is 0.403. The number of ether oxygens (including phenoxy) is 2. The van der Waals surface area contributed by atoms with Crippen LogP contribution in [-0.2, 0) is 16.1 Å². The number of aliphatic hydroxyl groups excluding tert-OH is 1. The molecule has 2 heterocycles. The third-order valence-corrected chi connectivity index (χ3v) is 7.10. The van der Waals surface area contributed by atoms with Crippen molar-refractivity contribution in [3.8, 4) is 5.75 Å². The van der Waals surface area contributed by atoms with Crippen LogP contribution in [0.25, 0.3) is 10.2 Å². The van der Waals surface area contributed by atoms with E-state index in [0.29, 0.717) is 5.56 Å². The highest BCUT2D eigenvalue weighted by atomic mass is 32.1. The summed E-state index contributed by atoms with van der Waals surface area (Å²) in [5, 5.41) is 13.8. The maximum Gasteiger partial charge on any atom is 0.348 e. The summed E-state index contributed by atoms with van der Waals surface area (Å²) < 4.78 is 26.2. The average molecular weight is 536 g/mol. The van der Waals surface area contributed by atoms with Gasteiger partial charge in [-0.2, -0.15) is 0 Å². The van der Waals surface area contributed by atoms with Crippen LogP contribution >= 0.6 is 11.3 Å². The van der Waals surface area contributed by atoms with Crippen LogP contribution in [0.1, 0.15) is 60.6 Å². The van der Waals surface area contributed by atoms with Crippen LogP contribution in [0.4, 0.5) is 4.39 Å². The van der Waals surface area contributed by atoms with E-state index in [1.165, 1.54) is 26.2 Å². The first kappa shape index (κ1) is 28.1. The normalized spacial score (nSPS) is 13.0. The summed E-state index contributed by atoms with van der Waals surface area (Å²) >= 11 is 0.875. The van der Waals surface area contributed by atoms with Gasteiger partial charge in [0, 0.05) is 11.6 Å². The molecule has 3 aromatic rings. The topological polar surface area (TPSA) is 129 Å². The smallest absolute Gasteiger partial charge is 0.348 e. The summed E-state index contributed by atoms with van der Waals surface area (Å²) in [6.45, 7) is 7.79. The first-order chi connectivity index (χ1) is 17.4. The molecule has 1 aromatic carbocycles. The number of amides is 1. The van der Waals surface area contributed by atoms with Gasteiger partial charge in [0.2, 0.25) is 5.91 Å². The third-order valence-electron chi connectivity index (χ3n) is 5.81. The van der Waals surface area contributed by atoms with Gasteiger partial charge < -0.3 is 19.9 Å². The minimum Gasteiger partial charge on any atom is -0.496 e. The van der Waals surface area contributed by atoms with Gasteiger partial charge in [-0.05, 0) is 58.4 Å². The Morgan fingerprint density at radius 2 is 1.89 bits per heavy atom. The number of hydrogen-bond donors (Lipinski definition) is 2. The number of fused-ring (bicyclic) bond motifs is 1. The molecule has 0 aliphatic carbocycles. The maximum atomic E-state index is 14.0. The molecule has 0 aliphatic heterocycles. The number of nitrogens with zero attached hydrogens (tertiary/aromatic N) is 2. The minimum atomic E-state index is -1.43. The Hall–Kier alpha value is -3.51. The molecule has 0 radical (unpaired) electrons. The molecule has 0 fully saturated rings. The molecule has 200 valence electrons. The summed E-state index contributed by atoms with van der Waals surface area (Å²) in [7, 11) is 1.36. The number of aromatic nitrogens is 2. The summed E-state index contributed by atoms with van der Waals surface area (Å²) in [6, 6.07) is 2.17. The molecule has 3 rings (SSSR count). The van der Waals surface area contributed by atoms with E-state index in [2.05, 4.69) is 5.32 Å². The summed E-state index contributed by atoms with van der Waals surface area (Å²) in [6.07, 6.45) is -1.43. The predicted molar refractivity (Wildman–Crippen MR) is 137 cm³/mol. The van der Waals surface area contributed by atoms with Crippen molar-refractivity contribution < 1.29 is 28.6 Å². The molecule has 1 amide bonds. The molecule has 0 bridgehead atoms. The fourth-order valence-corrected chi connectivity index (χ4v) is 5.21. The molecule has 0 saturated carbocycles. The van der Waals surface area contributed by atoms with E-state index in [-0.39, 0.29) is 39.1 Å². The van der Waals surface area contributed by atoms with Crippen molar-refractivity contribution in [1.29, 1.82) is 0 Å². The zero-order valence-electron chi connectivity index (χ0n) is 21.5. The number of hydrogen-bond acceptors (Lipinski definition) is 8. The summed E-state index contributed by atoms with van der Waals surface area (Å²) in [5.41, 5.74) is -1.23. The Kier molecular flexibility index (Phi) is 8.54. The molecule has 0 spiro atoms. The van der Waals surface area contributed by atoms with Crippen molar-refractivity contribution in [2.45, 2.75) is 59.4 Å². The van der Waals surface area contributed by atoms with Gasteiger partial charge in [0.25, 0.3) is 5.56 Å². The van der Waals surface area contributed by atoms with Crippen LogP contribution in [0.15, 0.2) is 27.8 Å². The second-order valence-electron chi connectivity index (χ2n) is 8.77. The Morgan fingerprint density at radius 1 is 1.22 bits per heavy atom. The molecule has 37 heavy (non-hydrogen) atoms.